The standard InChI is InChI=1S/C13H17NO/c1-4-7-14-9-10(2)12-6-5-11(15-3)8-13(12)14/h4-6,8,10H,1,7,9H2,2-3H3. The largest absolute Gasteiger partial charge is 0.497 e. The summed E-state index contributed by atoms with van der Waals surface area (Å²) in [5, 5.41) is 0. The first kappa shape index (κ1) is 10.1. The van der Waals surface area contributed by atoms with Crippen LogP contribution in [-0.2, 0) is 0 Å². The number of methoxy groups -OCH3 is 1. The van der Waals surface area contributed by atoms with Crippen molar-refractivity contribution >= 4 is 5.69 Å². The first-order chi connectivity index (χ1) is 7.26. The first-order valence-corrected chi connectivity index (χ1v) is 5.30. The molecule has 80 valence electrons. The van der Waals surface area contributed by atoms with Crippen molar-refractivity contribution in [2.45, 2.75) is 12.8 Å². The molecule has 0 radical (unpaired) electrons. The van der Waals surface area contributed by atoms with Crippen molar-refractivity contribution in [3.05, 3.63) is 36.4 Å². The average Bonchev–Trinajstić information content (AvgIpc) is 2.56. The van der Waals surface area contributed by atoms with Crippen molar-refractivity contribution < 1.29 is 4.74 Å². The molecule has 0 fully saturated rings. The lowest BCUT2D eigenvalue weighted by molar-refractivity contribution is 0.415. The molecular formula is C13H17NO. The van der Waals surface area contributed by atoms with Gasteiger partial charge in [0.25, 0.3) is 0 Å². The molecule has 1 heterocycles. The van der Waals surface area contributed by atoms with E-state index in [1.54, 1.807) is 7.11 Å². The highest BCUT2D eigenvalue weighted by Gasteiger charge is 2.24. The highest BCUT2D eigenvalue weighted by Crippen LogP contribution is 2.37. The van der Waals surface area contributed by atoms with E-state index in [0.29, 0.717) is 5.92 Å². The third kappa shape index (κ3) is 1.72. The van der Waals surface area contributed by atoms with Gasteiger partial charge in [-0.15, -0.1) is 6.58 Å². The summed E-state index contributed by atoms with van der Waals surface area (Å²) in [5.74, 6) is 1.53. The second kappa shape index (κ2) is 3.97. The van der Waals surface area contributed by atoms with Crippen LogP contribution in [0.5, 0.6) is 5.75 Å². The van der Waals surface area contributed by atoms with Crippen LogP contribution in [0.15, 0.2) is 30.9 Å². The van der Waals surface area contributed by atoms with Crippen LogP contribution < -0.4 is 9.64 Å². The van der Waals surface area contributed by atoms with E-state index < -0.39 is 0 Å². The van der Waals surface area contributed by atoms with Crippen LogP contribution in [0.2, 0.25) is 0 Å². The van der Waals surface area contributed by atoms with Gasteiger partial charge in [-0.1, -0.05) is 19.1 Å². The fraction of sp³-hybridized carbons (Fsp3) is 0.385. The van der Waals surface area contributed by atoms with E-state index in [2.05, 4.69) is 30.5 Å². The highest BCUT2D eigenvalue weighted by molar-refractivity contribution is 5.63. The highest BCUT2D eigenvalue weighted by atomic mass is 16.5. The molecule has 2 rings (SSSR count). The molecular weight excluding hydrogens is 186 g/mol. The number of ether oxygens (including phenoxy) is 1. The number of anilines is 1. The minimum Gasteiger partial charge on any atom is -0.497 e. The summed E-state index contributed by atoms with van der Waals surface area (Å²) < 4.78 is 5.25. The van der Waals surface area contributed by atoms with Crippen molar-refractivity contribution in [3.8, 4) is 5.75 Å². The predicted octanol–water partition coefficient (Wildman–Crippen LogP) is 2.80. The van der Waals surface area contributed by atoms with Crippen molar-refractivity contribution in [2.24, 2.45) is 0 Å². The first-order valence-electron chi connectivity index (χ1n) is 5.30. The van der Waals surface area contributed by atoms with E-state index >= 15 is 0 Å². The normalized spacial score (nSPS) is 18.8. The molecule has 0 amide bonds. The summed E-state index contributed by atoms with van der Waals surface area (Å²) >= 11 is 0. The molecule has 0 bridgehead atoms. The Kier molecular flexibility index (Phi) is 2.67. The summed E-state index contributed by atoms with van der Waals surface area (Å²) in [4.78, 5) is 2.34. The van der Waals surface area contributed by atoms with E-state index in [-0.39, 0.29) is 0 Å². The molecule has 2 nitrogen and oxygen atoms in total. The van der Waals surface area contributed by atoms with Gasteiger partial charge in [0.2, 0.25) is 0 Å². The lowest BCUT2D eigenvalue weighted by Gasteiger charge is -2.17. The summed E-state index contributed by atoms with van der Waals surface area (Å²) in [5.41, 5.74) is 2.71. The van der Waals surface area contributed by atoms with Gasteiger partial charge >= 0.3 is 0 Å². The molecule has 2 heteroatoms. The Hall–Kier alpha value is -1.44. The van der Waals surface area contributed by atoms with Crippen LogP contribution in [0, 0.1) is 0 Å². The molecule has 1 aromatic carbocycles. The lowest BCUT2D eigenvalue weighted by atomic mass is 10.0. The Labute approximate surface area is 91.2 Å². The molecule has 0 saturated heterocycles. The Bertz CT molecular complexity index is 373. The van der Waals surface area contributed by atoms with Crippen molar-refractivity contribution in [1.82, 2.24) is 0 Å². The lowest BCUT2D eigenvalue weighted by Crippen LogP contribution is -2.20. The molecule has 1 aromatic rings. The minimum atomic E-state index is 0.603. The molecule has 15 heavy (non-hydrogen) atoms. The summed E-state index contributed by atoms with van der Waals surface area (Å²) in [6.45, 7) is 8.04. The van der Waals surface area contributed by atoms with Gasteiger partial charge in [-0.2, -0.15) is 0 Å². The van der Waals surface area contributed by atoms with Crippen molar-refractivity contribution in [3.63, 3.8) is 0 Å². The number of hydrogen-bond acceptors (Lipinski definition) is 2. The summed E-state index contributed by atoms with van der Waals surface area (Å²) in [6, 6.07) is 6.32. The molecule has 0 spiro atoms. The van der Waals surface area contributed by atoms with Gasteiger partial charge in [-0.25, -0.2) is 0 Å². The smallest absolute Gasteiger partial charge is 0.120 e. The van der Waals surface area contributed by atoms with E-state index in [0.717, 1.165) is 18.8 Å². The SMILES string of the molecule is C=CCN1CC(C)c2ccc(OC)cc21. The molecule has 1 atom stereocenters. The van der Waals surface area contributed by atoms with Crippen LogP contribution in [0.25, 0.3) is 0 Å². The maximum Gasteiger partial charge on any atom is 0.120 e. The van der Waals surface area contributed by atoms with E-state index in [9.17, 15) is 0 Å². The zero-order valence-corrected chi connectivity index (χ0v) is 9.36. The van der Waals surface area contributed by atoms with Crippen LogP contribution >= 0.6 is 0 Å². The predicted molar refractivity (Wildman–Crippen MR) is 63.8 cm³/mol. The van der Waals surface area contributed by atoms with Crippen molar-refractivity contribution in [2.75, 3.05) is 25.1 Å². The van der Waals surface area contributed by atoms with Gasteiger partial charge in [0, 0.05) is 30.8 Å². The van der Waals surface area contributed by atoms with Crippen LogP contribution in [0.4, 0.5) is 5.69 Å². The Balaban J connectivity index is 2.37. The molecule has 1 unspecified atom stereocenters. The van der Waals surface area contributed by atoms with Crippen LogP contribution in [0.3, 0.4) is 0 Å². The van der Waals surface area contributed by atoms with Gasteiger partial charge in [0.1, 0.15) is 5.75 Å². The minimum absolute atomic E-state index is 0.603. The third-order valence-corrected chi connectivity index (χ3v) is 2.95. The zero-order valence-electron chi connectivity index (χ0n) is 9.36. The average molecular weight is 203 g/mol. The Morgan fingerprint density at radius 1 is 1.60 bits per heavy atom. The number of rotatable bonds is 3. The number of nitrogens with zero attached hydrogens (tertiary/aromatic N) is 1. The zero-order chi connectivity index (χ0) is 10.8. The maximum atomic E-state index is 5.25. The van der Waals surface area contributed by atoms with E-state index in [1.165, 1.54) is 11.3 Å². The number of fused-ring (bicyclic) bond motifs is 1. The van der Waals surface area contributed by atoms with Crippen LogP contribution in [-0.4, -0.2) is 20.2 Å². The molecule has 0 N–H and O–H groups in total. The monoisotopic (exact) mass is 203 g/mol. The van der Waals surface area contributed by atoms with Gasteiger partial charge in [-0.05, 0) is 11.6 Å². The molecule has 1 aliphatic rings. The fourth-order valence-corrected chi connectivity index (χ4v) is 2.20. The summed E-state index contributed by atoms with van der Waals surface area (Å²) in [6.07, 6.45) is 1.95. The molecule has 0 saturated carbocycles. The topological polar surface area (TPSA) is 12.5 Å². The summed E-state index contributed by atoms with van der Waals surface area (Å²) in [7, 11) is 1.71. The molecule has 0 aliphatic carbocycles. The maximum absolute atomic E-state index is 5.25. The Morgan fingerprint density at radius 2 is 2.40 bits per heavy atom. The fourth-order valence-electron chi connectivity index (χ4n) is 2.20. The van der Waals surface area contributed by atoms with Gasteiger partial charge in [0.05, 0.1) is 7.11 Å². The van der Waals surface area contributed by atoms with Crippen molar-refractivity contribution in [1.29, 1.82) is 0 Å². The van der Waals surface area contributed by atoms with Crippen LogP contribution in [0.1, 0.15) is 18.4 Å². The van der Waals surface area contributed by atoms with E-state index in [1.807, 2.05) is 12.1 Å². The van der Waals surface area contributed by atoms with Gasteiger partial charge in [0.15, 0.2) is 0 Å². The molecule has 0 aromatic heterocycles. The van der Waals surface area contributed by atoms with Gasteiger partial charge < -0.3 is 9.64 Å². The second-order valence-corrected chi connectivity index (χ2v) is 4.02. The number of hydrogen-bond donors (Lipinski definition) is 0. The number of benzene rings is 1. The quantitative estimate of drug-likeness (QED) is 0.700. The Morgan fingerprint density at radius 3 is 3.07 bits per heavy atom. The van der Waals surface area contributed by atoms with E-state index in [4.69, 9.17) is 4.74 Å². The third-order valence-electron chi connectivity index (χ3n) is 2.95. The van der Waals surface area contributed by atoms with Gasteiger partial charge in [-0.3, -0.25) is 0 Å². The molecule has 1 aliphatic heterocycles. The second-order valence-electron chi connectivity index (χ2n) is 4.02.